The second-order valence-corrected chi connectivity index (χ2v) is 19.3. The molecule has 60 heavy (non-hydrogen) atoms. The number of hydrogen-bond donors (Lipinski definition) is 0. The molecule has 0 aliphatic heterocycles. The number of rotatable bonds is 7. The van der Waals surface area contributed by atoms with E-state index in [1.807, 2.05) is 0 Å². The van der Waals surface area contributed by atoms with Gasteiger partial charge in [0.25, 0.3) is 0 Å². The summed E-state index contributed by atoms with van der Waals surface area (Å²) in [7, 11) is -2.90. The van der Waals surface area contributed by atoms with E-state index in [0.29, 0.717) is 0 Å². The van der Waals surface area contributed by atoms with Gasteiger partial charge in [0.2, 0.25) is 5.78 Å². The Kier molecular flexibility index (Phi) is 7.83. The van der Waals surface area contributed by atoms with E-state index in [9.17, 15) is 0 Å². The van der Waals surface area contributed by atoms with Gasteiger partial charge in [0.05, 0.1) is 44.5 Å². The molecule has 0 unspecified atom stereocenters. The van der Waals surface area contributed by atoms with Gasteiger partial charge in [0.1, 0.15) is 0 Å². The molecule has 0 aliphatic carbocycles. The SMILES string of the molecule is c1ccc([Si](c2ccccc2)(c2ccccc2)c2cccc3c2nc2n(-c4ccccc4-c4ccccc4-n4c5ccccc5c5ccccc54)c4ccccc4n32)cc1. The average Bonchev–Trinajstić information content (AvgIpc) is 3.98. The Hall–Kier alpha value is -7.73. The Morgan fingerprint density at radius 1 is 0.317 bits per heavy atom. The van der Waals surface area contributed by atoms with Crippen LogP contribution in [0.5, 0.6) is 0 Å². The van der Waals surface area contributed by atoms with Crippen molar-refractivity contribution in [2.45, 2.75) is 0 Å². The molecular weight excluding hydrogens is 745 g/mol. The number of hydrogen-bond acceptors (Lipinski definition) is 1. The molecule has 12 aromatic rings. The molecule has 12 rings (SSSR count). The summed E-state index contributed by atoms with van der Waals surface area (Å²) in [6.45, 7) is 0. The number of aromatic nitrogens is 4. The minimum absolute atomic E-state index is 0.887. The molecule has 0 saturated heterocycles. The highest BCUT2D eigenvalue weighted by molar-refractivity contribution is 7.20. The Balaban J connectivity index is 1.17. The van der Waals surface area contributed by atoms with Gasteiger partial charge >= 0.3 is 0 Å². The van der Waals surface area contributed by atoms with E-state index in [-0.39, 0.29) is 0 Å². The molecule has 0 saturated carbocycles. The Labute approximate surface area is 348 Å². The first kappa shape index (κ1) is 34.3. The standard InChI is InChI=1S/C55H38N4Si/c1-4-21-39(22-5-1)60(40-23-6-2-7-24-40,41-25-8-3-9-26-41)53-38-20-37-52-54(53)56-55-58(50-35-18-19-36-51(50)59(52)55)49-34-17-13-30-45(49)44-29-12-16-33-48(44)57-46-31-14-10-27-42(46)43-28-11-15-32-47(43)57/h1-38H. The summed E-state index contributed by atoms with van der Waals surface area (Å²) in [5.41, 5.74) is 11.2. The molecule has 3 heterocycles. The molecule has 0 fully saturated rings. The monoisotopic (exact) mass is 782 g/mol. The first-order valence-corrected chi connectivity index (χ1v) is 22.6. The van der Waals surface area contributed by atoms with Crippen molar-refractivity contribution in [3.05, 3.63) is 231 Å². The molecule has 0 spiro atoms. The topological polar surface area (TPSA) is 27.2 Å². The molecule has 0 atom stereocenters. The minimum Gasteiger partial charge on any atom is -0.309 e. The average molecular weight is 783 g/mol. The van der Waals surface area contributed by atoms with Crippen molar-refractivity contribution in [1.29, 1.82) is 0 Å². The van der Waals surface area contributed by atoms with Crippen LogP contribution in [0.4, 0.5) is 0 Å². The van der Waals surface area contributed by atoms with E-state index in [2.05, 4.69) is 244 Å². The van der Waals surface area contributed by atoms with E-state index in [1.165, 1.54) is 42.6 Å². The lowest BCUT2D eigenvalue weighted by molar-refractivity contribution is 1.11. The molecule has 9 aromatic carbocycles. The van der Waals surface area contributed by atoms with Gasteiger partial charge in [-0.25, -0.2) is 4.98 Å². The third-order valence-electron chi connectivity index (χ3n) is 12.4. The lowest BCUT2D eigenvalue weighted by atomic mass is 10.0. The summed E-state index contributed by atoms with van der Waals surface area (Å²) in [4.78, 5) is 5.82. The van der Waals surface area contributed by atoms with Gasteiger partial charge in [-0.05, 0) is 63.2 Å². The zero-order chi connectivity index (χ0) is 39.6. The molecule has 0 radical (unpaired) electrons. The van der Waals surface area contributed by atoms with Crippen LogP contribution in [-0.4, -0.2) is 26.6 Å². The molecule has 0 N–H and O–H groups in total. The number of nitrogens with zero attached hydrogens (tertiary/aromatic N) is 4. The van der Waals surface area contributed by atoms with Crippen molar-refractivity contribution in [2.75, 3.05) is 0 Å². The molecule has 4 nitrogen and oxygen atoms in total. The normalized spacial score (nSPS) is 12.0. The Morgan fingerprint density at radius 3 is 1.28 bits per heavy atom. The summed E-state index contributed by atoms with van der Waals surface area (Å²) < 4.78 is 7.19. The van der Waals surface area contributed by atoms with Gasteiger partial charge in [-0.1, -0.05) is 188 Å². The van der Waals surface area contributed by atoms with Gasteiger partial charge in [-0.3, -0.25) is 8.97 Å². The number of para-hydroxylation sites is 7. The molecule has 0 aliphatic rings. The van der Waals surface area contributed by atoms with E-state index in [1.54, 1.807) is 0 Å². The molecule has 3 aromatic heterocycles. The summed E-state index contributed by atoms with van der Waals surface area (Å²) in [5.74, 6) is 0.887. The summed E-state index contributed by atoms with van der Waals surface area (Å²) >= 11 is 0. The first-order chi connectivity index (χ1) is 29.8. The van der Waals surface area contributed by atoms with Crippen LogP contribution < -0.4 is 20.7 Å². The highest BCUT2D eigenvalue weighted by Crippen LogP contribution is 2.39. The van der Waals surface area contributed by atoms with Crippen LogP contribution in [0.15, 0.2) is 231 Å². The van der Waals surface area contributed by atoms with E-state index in [0.717, 1.165) is 50.3 Å². The third-order valence-corrected chi connectivity index (χ3v) is 17.2. The molecule has 0 bridgehead atoms. The second kappa shape index (κ2) is 13.7. The van der Waals surface area contributed by atoms with Crippen molar-refractivity contribution in [1.82, 2.24) is 18.5 Å². The molecule has 282 valence electrons. The zero-order valence-corrected chi connectivity index (χ0v) is 33.7. The van der Waals surface area contributed by atoms with Crippen molar-refractivity contribution in [3.63, 3.8) is 0 Å². The van der Waals surface area contributed by atoms with Crippen LogP contribution >= 0.6 is 0 Å². The minimum atomic E-state index is -2.90. The van der Waals surface area contributed by atoms with Gasteiger partial charge in [0.15, 0.2) is 8.07 Å². The fourth-order valence-corrected chi connectivity index (χ4v) is 14.9. The maximum absolute atomic E-state index is 5.82. The van der Waals surface area contributed by atoms with Gasteiger partial charge in [0, 0.05) is 21.9 Å². The number of imidazole rings is 2. The van der Waals surface area contributed by atoms with Crippen LogP contribution in [0.3, 0.4) is 0 Å². The third kappa shape index (κ3) is 4.93. The highest BCUT2D eigenvalue weighted by atomic mass is 28.3. The predicted octanol–water partition coefficient (Wildman–Crippen LogP) is 10.6. The fourth-order valence-electron chi connectivity index (χ4n) is 9.97. The van der Waals surface area contributed by atoms with Gasteiger partial charge in [-0.2, -0.15) is 0 Å². The van der Waals surface area contributed by atoms with Crippen molar-refractivity contribution >= 4 is 78.5 Å². The van der Waals surface area contributed by atoms with Crippen molar-refractivity contribution in [2.24, 2.45) is 0 Å². The van der Waals surface area contributed by atoms with Crippen LogP contribution in [0, 0.1) is 0 Å². The lowest BCUT2D eigenvalue weighted by Crippen LogP contribution is -2.74. The highest BCUT2D eigenvalue weighted by Gasteiger charge is 2.43. The van der Waals surface area contributed by atoms with Crippen LogP contribution in [0.2, 0.25) is 0 Å². The van der Waals surface area contributed by atoms with E-state index in [4.69, 9.17) is 4.98 Å². The van der Waals surface area contributed by atoms with Crippen LogP contribution in [0.25, 0.3) is 72.2 Å². The molecule has 0 amide bonds. The Bertz CT molecular complexity index is 3400. The predicted molar refractivity (Wildman–Crippen MR) is 253 cm³/mol. The Morgan fingerprint density at radius 2 is 0.733 bits per heavy atom. The van der Waals surface area contributed by atoms with Gasteiger partial charge < -0.3 is 4.57 Å². The molecular formula is C55H38N4Si. The fraction of sp³-hybridized carbons (Fsp3) is 0. The summed E-state index contributed by atoms with van der Waals surface area (Å²) in [6.07, 6.45) is 0. The largest absolute Gasteiger partial charge is 0.309 e. The summed E-state index contributed by atoms with van der Waals surface area (Å²) in [6, 6.07) is 84.1. The van der Waals surface area contributed by atoms with Crippen LogP contribution in [0.1, 0.15) is 0 Å². The number of benzene rings is 9. The maximum atomic E-state index is 5.82. The molecule has 5 heteroatoms. The maximum Gasteiger partial charge on any atom is 0.220 e. The summed E-state index contributed by atoms with van der Waals surface area (Å²) in [5, 5.41) is 7.74. The second-order valence-electron chi connectivity index (χ2n) is 15.5. The van der Waals surface area contributed by atoms with Crippen molar-refractivity contribution < 1.29 is 0 Å². The smallest absolute Gasteiger partial charge is 0.220 e. The lowest BCUT2D eigenvalue weighted by Gasteiger charge is -2.34. The van der Waals surface area contributed by atoms with Crippen molar-refractivity contribution in [3.8, 4) is 22.5 Å². The zero-order valence-electron chi connectivity index (χ0n) is 32.7. The number of fused-ring (bicyclic) bond motifs is 8. The van der Waals surface area contributed by atoms with Crippen LogP contribution in [-0.2, 0) is 0 Å². The quantitative estimate of drug-likeness (QED) is 0.117. The van der Waals surface area contributed by atoms with Gasteiger partial charge in [-0.15, -0.1) is 0 Å². The van der Waals surface area contributed by atoms with E-state index < -0.39 is 8.07 Å². The first-order valence-electron chi connectivity index (χ1n) is 20.6. The van der Waals surface area contributed by atoms with E-state index >= 15 is 0 Å².